The van der Waals surface area contributed by atoms with E-state index < -0.39 is 0 Å². The molecule has 2 aromatic carbocycles. The Bertz CT molecular complexity index is 946. The number of nitrogens with one attached hydrogen (secondary N) is 2. The fraction of sp³-hybridized carbons (Fsp3) is 0.167. The molecule has 0 unspecified atom stereocenters. The number of H-pyrrole nitrogens is 1. The minimum absolute atomic E-state index is 0.0554. The predicted octanol–water partition coefficient (Wildman–Crippen LogP) is 3.37. The first kappa shape index (κ1) is 17.0. The van der Waals surface area contributed by atoms with Crippen LogP contribution >= 0.6 is 12.2 Å². The molecule has 1 heterocycles. The van der Waals surface area contributed by atoms with Gasteiger partial charge in [0.2, 0.25) is 5.91 Å². The van der Waals surface area contributed by atoms with Crippen LogP contribution in [0, 0.1) is 17.5 Å². The van der Waals surface area contributed by atoms with E-state index >= 15 is 0 Å². The number of carbonyl (C=O) groups excluding carboxylic acids is 1. The van der Waals surface area contributed by atoms with Gasteiger partial charge in [-0.1, -0.05) is 35.9 Å². The van der Waals surface area contributed by atoms with Crippen LogP contribution in [0.1, 0.15) is 11.1 Å². The Labute approximate surface area is 149 Å². The van der Waals surface area contributed by atoms with Crippen molar-refractivity contribution < 1.29 is 9.18 Å². The number of rotatable bonds is 5. The SMILES string of the molecule is Cc1cccc(-c2n[nH]c(=S)n2CC(=O)NCc2ccc(F)cc2)c1. The van der Waals surface area contributed by atoms with Gasteiger partial charge in [-0.25, -0.2) is 4.39 Å². The number of aromatic nitrogens is 3. The Hall–Kier alpha value is -2.80. The summed E-state index contributed by atoms with van der Waals surface area (Å²) in [5, 5.41) is 9.77. The molecule has 3 aromatic rings. The number of hydrogen-bond donors (Lipinski definition) is 2. The molecule has 1 amide bonds. The molecule has 25 heavy (non-hydrogen) atoms. The number of amides is 1. The summed E-state index contributed by atoms with van der Waals surface area (Å²) < 4.78 is 14.9. The number of nitrogens with zero attached hydrogens (tertiary/aromatic N) is 2. The van der Waals surface area contributed by atoms with E-state index in [-0.39, 0.29) is 18.3 Å². The lowest BCUT2D eigenvalue weighted by Crippen LogP contribution is -2.27. The highest BCUT2D eigenvalue weighted by atomic mass is 32.1. The standard InChI is InChI=1S/C18H17FN4OS/c1-12-3-2-4-14(9-12)17-21-22-18(25)23(17)11-16(24)20-10-13-5-7-15(19)8-6-13/h2-9H,10-11H2,1H3,(H,20,24)(H,22,25). The Morgan fingerprint density at radius 3 is 2.76 bits per heavy atom. The molecule has 0 bridgehead atoms. The van der Waals surface area contributed by atoms with E-state index in [9.17, 15) is 9.18 Å². The van der Waals surface area contributed by atoms with Crippen molar-refractivity contribution in [1.29, 1.82) is 0 Å². The minimum Gasteiger partial charge on any atom is -0.350 e. The van der Waals surface area contributed by atoms with Crippen molar-refractivity contribution in [2.75, 3.05) is 0 Å². The minimum atomic E-state index is -0.303. The quantitative estimate of drug-likeness (QED) is 0.689. The molecule has 3 rings (SSSR count). The van der Waals surface area contributed by atoms with E-state index in [0.717, 1.165) is 16.7 Å². The molecule has 0 aliphatic heterocycles. The Morgan fingerprint density at radius 1 is 1.28 bits per heavy atom. The average Bonchev–Trinajstić information content (AvgIpc) is 2.95. The summed E-state index contributed by atoms with van der Waals surface area (Å²) in [7, 11) is 0. The van der Waals surface area contributed by atoms with Gasteiger partial charge >= 0.3 is 0 Å². The predicted molar refractivity (Wildman–Crippen MR) is 95.8 cm³/mol. The molecule has 1 aromatic heterocycles. The van der Waals surface area contributed by atoms with Crippen LogP contribution in [0.25, 0.3) is 11.4 Å². The molecular formula is C18H17FN4OS. The topological polar surface area (TPSA) is 62.7 Å². The maximum absolute atomic E-state index is 12.9. The summed E-state index contributed by atoms with van der Waals surface area (Å²) in [6, 6.07) is 13.8. The molecule has 128 valence electrons. The fourth-order valence-electron chi connectivity index (χ4n) is 2.47. The van der Waals surface area contributed by atoms with Crippen molar-refractivity contribution in [3.8, 4) is 11.4 Å². The van der Waals surface area contributed by atoms with Gasteiger partial charge in [0.15, 0.2) is 10.6 Å². The molecule has 0 radical (unpaired) electrons. The van der Waals surface area contributed by atoms with Crippen LogP contribution < -0.4 is 5.32 Å². The van der Waals surface area contributed by atoms with Crippen LogP contribution in [-0.2, 0) is 17.9 Å². The van der Waals surface area contributed by atoms with Crippen LogP contribution in [0.5, 0.6) is 0 Å². The van der Waals surface area contributed by atoms with Gasteiger partial charge in [0, 0.05) is 12.1 Å². The molecule has 0 saturated heterocycles. The van der Waals surface area contributed by atoms with Crippen molar-refractivity contribution in [3.05, 3.63) is 70.2 Å². The number of benzene rings is 2. The van der Waals surface area contributed by atoms with Crippen molar-refractivity contribution >= 4 is 18.1 Å². The number of carbonyl (C=O) groups is 1. The summed E-state index contributed by atoms with van der Waals surface area (Å²) >= 11 is 5.24. The van der Waals surface area contributed by atoms with E-state index in [2.05, 4.69) is 15.5 Å². The van der Waals surface area contributed by atoms with Gasteiger partial charge in [0.25, 0.3) is 0 Å². The first-order valence-electron chi connectivity index (χ1n) is 7.76. The summed E-state index contributed by atoms with van der Waals surface area (Å²) in [4.78, 5) is 12.3. The van der Waals surface area contributed by atoms with Crippen molar-refractivity contribution in [2.24, 2.45) is 0 Å². The molecule has 7 heteroatoms. The van der Waals surface area contributed by atoms with Crippen molar-refractivity contribution in [1.82, 2.24) is 20.1 Å². The summed E-state index contributed by atoms with van der Waals surface area (Å²) in [5.41, 5.74) is 2.81. The van der Waals surface area contributed by atoms with Gasteiger partial charge in [0.05, 0.1) is 0 Å². The number of hydrogen-bond acceptors (Lipinski definition) is 3. The zero-order chi connectivity index (χ0) is 17.8. The molecule has 0 aliphatic carbocycles. The molecule has 0 aliphatic rings. The van der Waals surface area contributed by atoms with E-state index in [1.165, 1.54) is 12.1 Å². The molecule has 0 atom stereocenters. The lowest BCUT2D eigenvalue weighted by molar-refractivity contribution is -0.121. The second-order valence-corrected chi connectivity index (χ2v) is 6.10. The molecule has 2 N–H and O–H groups in total. The highest BCUT2D eigenvalue weighted by molar-refractivity contribution is 7.71. The van der Waals surface area contributed by atoms with E-state index in [0.29, 0.717) is 17.1 Å². The molecular weight excluding hydrogens is 339 g/mol. The second kappa shape index (κ2) is 7.40. The molecule has 0 fully saturated rings. The number of aromatic amines is 1. The smallest absolute Gasteiger partial charge is 0.240 e. The van der Waals surface area contributed by atoms with Crippen molar-refractivity contribution in [3.63, 3.8) is 0 Å². The highest BCUT2D eigenvalue weighted by Crippen LogP contribution is 2.18. The summed E-state index contributed by atoms with van der Waals surface area (Å²) in [6.45, 7) is 2.37. The monoisotopic (exact) mass is 356 g/mol. The maximum Gasteiger partial charge on any atom is 0.240 e. The van der Waals surface area contributed by atoms with Crippen LogP contribution in [0.2, 0.25) is 0 Å². The first-order valence-corrected chi connectivity index (χ1v) is 8.17. The van der Waals surface area contributed by atoms with Crippen LogP contribution in [0.4, 0.5) is 4.39 Å². The largest absolute Gasteiger partial charge is 0.350 e. The highest BCUT2D eigenvalue weighted by Gasteiger charge is 2.12. The second-order valence-electron chi connectivity index (χ2n) is 5.71. The number of halogens is 1. The van der Waals surface area contributed by atoms with E-state index in [1.54, 1.807) is 16.7 Å². The third kappa shape index (κ3) is 4.19. The van der Waals surface area contributed by atoms with Gasteiger partial charge in [-0.3, -0.25) is 14.5 Å². The van der Waals surface area contributed by atoms with Gasteiger partial charge in [-0.15, -0.1) is 0 Å². The lowest BCUT2D eigenvalue weighted by Gasteiger charge is -2.09. The average molecular weight is 356 g/mol. The zero-order valence-electron chi connectivity index (χ0n) is 13.6. The van der Waals surface area contributed by atoms with E-state index in [1.807, 2.05) is 31.2 Å². The van der Waals surface area contributed by atoms with Gasteiger partial charge in [-0.2, -0.15) is 5.10 Å². The van der Waals surface area contributed by atoms with Gasteiger partial charge in [0.1, 0.15) is 12.4 Å². The number of aryl methyl sites for hydroxylation is 1. The summed E-state index contributed by atoms with van der Waals surface area (Å²) in [6.07, 6.45) is 0. The third-order valence-corrected chi connectivity index (χ3v) is 4.05. The maximum atomic E-state index is 12.9. The zero-order valence-corrected chi connectivity index (χ0v) is 14.4. The summed E-state index contributed by atoms with van der Waals surface area (Å²) in [5.74, 6) is 0.115. The van der Waals surface area contributed by atoms with Crippen molar-refractivity contribution in [2.45, 2.75) is 20.0 Å². The fourth-order valence-corrected chi connectivity index (χ4v) is 2.67. The Balaban J connectivity index is 1.72. The van der Waals surface area contributed by atoms with Gasteiger partial charge in [-0.05, 0) is 42.9 Å². The third-order valence-electron chi connectivity index (χ3n) is 3.74. The van der Waals surface area contributed by atoms with Gasteiger partial charge < -0.3 is 5.32 Å². The van der Waals surface area contributed by atoms with Crippen LogP contribution in [0.15, 0.2) is 48.5 Å². The Morgan fingerprint density at radius 2 is 2.04 bits per heavy atom. The van der Waals surface area contributed by atoms with E-state index in [4.69, 9.17) is 12.2 Å². The lowest BCUT2D eigenvalue weighted by atomic mass is 10.1. The first-order chi connectivity index (χ1) is 12.0. The molecule has 0 saturated carbocycles. The Kier molecular flexibility index (Phi) is 5.04. The normalized spacial score (nSPS) is 10.6. The molecule has 0 spiro atoms. The van der Waals surface area contributed by atoms with Crippen LogP contribution in [0.3, 0.4) is 0 Å². The molecule has 5 nitrogen and oxygen atoms in total. The van der Waals surface area contributed by atoms with Crippen LogP contribution in [-0.4, -0.2) is 20.7 Å².